The van der Waals surface area contributed by atoms with Gasteiger partial charge in [0.05, 0.1) is 22.7 Å². The zero-order chi connectivity index (χ0) is 20.5. The number of aryl methyl sites for hydroxylation is 1. The van der Waals surface area contributed by atoms with Crippen molar-refractivity contribution >= 4 is 61.7 Å². The van der Waals surface area contributed by atoms with Crippen LogP contribution in [0.3, 0.4) is 0 Å². The van der Waals surface area contributed by atoms with E-state index in [-0.39, 0.29) is 17.9 Å². The number of thiophene rings is 3. The molecule has 0 radical (unpaired) electrons. The minimum absolute atomic E-state index is 0.0590. The summed E-state index contributed by atoms with van der Waals surface area (Å²) >= 11 is 10.5. The Morgan fingerprint density at radius 2 is 2.07 bits per heavy atom. The third-order valence-corrected chi connectivity index (χ3v) is 7.65. The molecule has 0 aliphatic carbocycles. The van der Waals surface area contributed by atoms with E-state index in [4.69, 9.17) is 11.6 Å². The van der Waals surface area contributed by atoms with E-state index in [1.54, 1.807) is 16.2 Å². The summed E-state index contributed by atoms with van der Waals surface area (Å²) in [6, 6.07) is 7.82. The van der Waals surface area contributed by atoms with Crippen molar-refractivity contribution in [1.82, 2.24) is 14.9 Å². The summed E-state index contributed by atoms with van der Waals surface area (Å²) in [5.74, 6) is 0.316. The van der Waals surface area contributed by atoms with Gasteiger partial charge in [-0.1, -0.05) is 11.6 Å². The molecule has 9 heteroatoms. The fraction of sp³-hybridized carbons (Fsp3) is 0.250. The molecule has 0 bridgehead atoms. The van der Waals surface area contributed by atoms with E-state index in [2.05, 4.69) is 9.97 Å². The lowest BCUT2D eigenvalue weighted by Gasteiger charge is -2.19. The normalized spacial score (nSPS) is 11.3. The van der Waals surface area contributed by atoms with Gasteiger partial charge in [-0.15, -0.1) is 34.0 Å². The number of carbonyl (C=O) groups is 1. The van der Waals surface area contributed by atoms with Crippen LogP contribution in [0.5, 0.6) is 0 Å². The van der Waals surface area contributed by atoms with Crippen molar-refractivity contribution in [3.63, 3.8) is 0 Å². The Hall–Kier alpha value is -2.00. The molecule has 0 aliphatic rings. The van der Waals surface area contributed by atoms with Gasteiger partial charge in [0.1, 0.15) is 10.7 Å². The summed E-state index contributed by atoms with van der Waals surface area (Å²) in [7, 11) is 0. The molecule has 5 nitrogen and oxygen atoms in total. The first-order valence-corrected chi connectivity index (χ1v) is 11.9. The predicted octanol–water partition coefficient (Wildman–Crippen LogP) is 5.33. The van der Waals surface area contributed by atoms with E-state index in [0.29, 0.717) is 33.5 Å². The van der Waals surface area contributed by atoms with Crippen LogP contribution in [-0.4, -0.2) is 27.3 Å². The van der Waals surface area contributed by atoms with Gasteiger partial charge in [-0.25, -0.2) is 4.98 Å². The summed E-state index contributed by atoms with van der Waals surface area (Å²) in [6.45, 7) is 5.04. The summed E-state index contributed by atoms with van der Waals surface area (Å²) in [5.41, 5.74) is 0.702. The summed E-state index contributed by atoms with van der Waals surface area (Å²) in [4.78, 5) is 38.6. The lowest BCUT2D eigenvalue weighted by molar-refractivity contribution is -0.130. The number of aromatic nitrogens is 2. The van der Waals surface area contributed by atoms with Gasteiger partial charge in [0.15, 0.2) is 0 Å². The number of nitrogens with one attached hydrogen (secondary N) is 1. The maximum absolute atomic E-state index is 12.8. The summed E-state index contributed by atoms with van der Waals surface area (Å²) < 4.78 is 0.703. The molecule has 0 aliphatic heterocycles. The highest BCUT2D eigenvalue weighted by molar-refractivity contribution is 7.19. The van der Waals surface area contributed by atoms with Crippen LogP contribution in [0.15, 0.2) is 34.4 Å². The molecule has 0 spiro atoms. The lowest BCUT2D eigenvalue weighted by atomic mass is 10.2. The van der Waals surface area contributed by atoms with E-state index in [1.807, 2.05) is 43.5 Å². The van der Waals surface area contributed by atoms with Crippen LogP contribution < -0.4 is 5.56 Å². The fourth-order valence-electron chi connectivity index (χ4n) is 3.09. The molecule has 1 amide bonds. The van der Waals surface area contributed by atoms with Crippen molar-refractivity contribution in [3.05, 3.63) is 59.9 Å². The van der Waals surface area contributed by atoms with E-state index in [0.717, 1.165) is 15.3 Å². The molecule has 150 valence electrons. The smallest absolute Gasteiger partial charge is 0.260 e. The largest absolute Gasteiger partial charge is 0.337 e. The number of hydrogen-bond acceptors (Lipinski definition) is 6. The summed E-state index contributed by atoms with van der Waals surface area (Å²) in [5, 5.41) is 2.55. The standard InChI is InChI=1S/C20H18ClN3O2S3/c1-3-24(9-12-5-7-15(21)29-12)17(25)8-16-22-19(26)18-13(10-27-20(18)23-16)14-6-4-11(2)28-14/h4-7,10H,3,8-9H2,1-2H3,(H,22,23,26). The van der Waals surface area contributed by atoms with Gasteiger partial charge in [-0.3, -0.25) is 9.59 Å². The van der Waals surface area contributed by atoms with Crippen LogP contribution in [0.4, 0.5) is 0 Å². The fourth-order valence-corrected chi connectivity index (χ4v) is 6.12. The number of fused-ring (bicyclic) bond motifs is 1. The van der Waals surface area contributed by atoms with E-state index < -0.39 is 0 Å². The average Bonchev–Trinajstić information content (AvgIpc) is 3.39. The minimum atomic E-state index is -0.201. The molecule has 0 aromatic carbocycles. The van der Waals surface area contributed by atoms with Gasteiger partial charge in [0.2, 0.25) is 5.91 Å². The summed E-state index contributed by atoms with van der Waals surface area (Å²) in [6.07, 6.45) is 0.0590. The van der Waals surface area contributed by atoms with Gasteiger partial charge >= 0.3 is 0 Å². The van der Waals surface area contributed by atoms with Gasteiger partial charge in [-0.2, -0.15) is 0 Å². The second kappa shape index (κ2) is 8.39. The third-order valence-electron chi connectivity index (χ3n) is 4.53. The number of nitrogens with zero attached hydrogens (tertiary/aromatic N) is 2. The van der Waals surface area contributed by atoms with Crippen LogP contribution in [0.1, 0.15) is 22.5 Å². The molecule has 0 unspecified atom stereocenters. The Kier molecular flexibility index (Phi) is 5.87. The van der Waals surface area contributed by atoms with Crippen LogP contribution in [0, 0.1) is 6.92 Å². The number of carbonyl (C=O) groups excluding carboxylic acids is 1. The molecule has 0 saturated heterocycles. The van der Waals surface area contributed by atoms with Gasteiger partial charge < -0.3 is 9.88 Å². The topological polar surface area (TPSA) is 66.1 Å². The van der Waals surface area contributed by atoms with Crippen molar-refractivity contribution < 1.29 is 4.79 Å². The Morgan fingerprint density at radius 3 is 2.72 bits per heavy atom. The van der Waals surface area contributed by atoms with E-state index in [1.165, 1.54) is 27.6 Å². The quantitative estimate of drug-likeness (QED) is 0.420. The molecular formula is C20H18ClN3O2S3. The van der Waals surface area contributed by atoms with E-state index in [9.17, 15) is 9.59 Å². The van der Waals surface area contributed by atoms with Crippen molar-refractivity contribution in [3.8, 4) is 10.4 Å². The molecule has 4 aromatic heterocycles. The highest BCUT2D eigenvalue weighted by Crippen LogP contribution is 2.35. The SMILES string of the molecule is CCN(Cc1ccc(Cl)s1)C(=O)Cc1nc2scc(-c3ccc(C)s3)c2c(=O)[nH]1. The molecule has 0 fully saturated rings. The second-order valence-corrected chi connectivity index (χ2v) is 10.5. The van der Waals surface area contributed by atoms with Crippen LogP contribution >= 0.6 is 45.6 Å². The molecular weight excluding hydrogens is 446 g/mol. The minimum Gasteiger partial charge on any atom is -0.337 e. The average molecular weight is 464 g/mol. The number of likely N-dealkylation sites (N-methyl/N-ethyl adjacent to an activating group) is 1. The van der Waals surface area contributed by atoms with Gasteiger partial charge in [0, 0.05) is 32.1 Å². The first kappa shape index (κ1) is 20.3. The van der Waals surface area contributed by atoms with E-state index >= 15 is 0 Å². The first-order chi connectivity index (χ1) is 13.9. The zero-order valence-corrected chi connectivity index (χ0v) is 19.0. The van der Waals surface area contributed by atoms with Gasteiger partial charge in [0.25, 0.3) is 5.56 Å². The maximum Gasteiger partial charge on any atom is 0.260 e. The highest BCUT2D eigenvalue weighted by atomic mass is 35.5. The molecule has 4 aromatic rings. The Balaban J connectivity index is 1.58. The Labute approximate surface area is 184 Å². The van der Waals surface area contributed by atoms with Crippen molar-refractivity contribution in [2.45, 2.75) is 26.8 Å². The van der Waals surface area contributed by atoms with Crippen molar-refractivity contribution in [2.75, 3.05) is 6.54 Å². The third kappa shape index (κ3) is 4.30. The number of aromatic amines is 1. The van der Waals surface area contributed by atoms with Crippen LogP contribution in [0.2, 0.25) is 4.34 Å². The molecule has 29 heavy (non-hydrogen) atoms. The van der Waals surface area contributed by atoms with Crippen LogP contribution in [-0.2, 0) is 17.8 Å². The number of rotatable bonds is 6. The first-order valence-electron chi connectivity index (χ1n) is 9.03. The predicted molar refractivity (Wildman–Crippen MR) is 122 cm³/mol. The van der Waals surface area contributed by atoms with Gasteiger partial charge in [-0.05, 0) is 38.1 Å². The number of halogens is 1. The van der Waals surface area contributed by atoms with Crippen molar-refractivity contribution in [1.29, 1.82) is 0 Å². The molecule has 0 saturated carbocycles. The number of H-pyrrole nitrogens is 1. The molecule has 0 atom stereocenters. The molecule has 4 rings (SSSR count). The number of amides is 1. The molecule has 4 heterocycles. The zero-order valence-electron chi connectivity index (χ0n) is 15.8. The lowest BCUT2D eigenvalue weighted by Crippen LogP contribution is -2.32. The highest BCUT2D eigenvalue weighted by Gasteiger charge is 2.18. The number of hydrogen-bond donors (Lipinski definition) is 1. The van der Waals surface area contributed by atoms with Crippen LogP contribution in [0.25, 0.3) is 20.7 Å². The Bertz CT molecular complexity index is 1240. The molecule has 1 N–H and O–H groups in total. The second-order valence-electron chi connectivity index (χ2n) is 6.54. The Morgan fingerprint density at radius 1 is 1.24 bits per heavy atom. The van der Waals surface area contributed by atoms with Crippen molar-refractivity contribution in [2.24, 2.45) is 0 Å². The maximum atomic E-state index is 12.8. The monoisotopic (exact) mass is 463 g/mol.